The Balaban J connectivity index is 1.71. The molecule has 156 valence electrons. The molecule has 2 amide bonds. The Morgan fingerprint density at radius 1 is 1.10 bits per heavy atom. The molecule has 8 heteroatoms. The van der Waals surface area contributed by atoms with E-state index in [1.54, 1.807) is 26.4 Å². The lowest BCUT2D eigenvalue weighted by atomic mass is 9.95. The van der Waals surface area contributed by atoms with Crippen LogP contribution < -0.4 is 20.1 Å². The van der Waals surface area contributed by atoms with Gasteiger partial charge in [0.1, 0.15) is 5.00 Å². The molecule has 1 aliphatic rings. The van der Waals surface area contributed by atoms with Gasteiger partial charge in [-0.25, -0.2) is 0 Å². The number of hydrogen-bond donors (Lipinski definition) is 2. The summed E-state index contributed by atoms with van der Waals surface area (Å²) in [5.41, 5.74) is 1.63. The van der Waals surface area contributed by atoms with E-state index in [2.05, 4.69) is 10.6 Å². The maximum absolute atomic E-state index is 12.8. The van der Waals surface area contributed by atoms with Crippen LogP contribution >= 0.6 is 11.3 Å². The number of amides is 2. The zero-order valence-corrected chi connectivity index (χ0v) is 17.5. The molecule has 0 atom stereocenters. The number of para-hydroxylation sites is 2. The van der Waals surface area contributed by atoms with Gasteiger partial charge in [0.05, 0.1) is 19.3 Å². The summed E-state index contributed by atoms with van der Waals surface area (Å²) in [7, 11) is 3.14. The molecule has 1 aromatic carbocycles. The summed E-state index contributed by atoms with van der Waals surface area (Å²) < 4.78 is 15.8. The standard InChI is InChI=1S/C21H26N2O5S/c1-26-12-11-22-20(25)19-14-7-3-6-10-17(14)29-21(19)23-18(24)13-28-16-9-5-4-8-15(16)27-2/h4-5,8-9H,3,6-7,10-13H2,1-2H3,(H,22,25)(H,23,24). The van der Waals surface area contributed by atoms with Gasteiger partial charge >= 0.3 is 0 Å². The second kappa shape index (κ2) is 10.3. The summed E-state index contributed by atoms with van der Waals surface area (Å²) in [6.07, 6.45) is 3.94. The number of anilines is 1. The fourth-order valence-corrected chi connectivity index (χ4v) is 4.60. The Hall–Kier alpha value is -2.58. The van der Waals surface area contributed by atoms with E-state index in [0.29, 0.717) is 35.2 Å². The molecule has 3 rings (SSSR count). The number of carbonyl (C=O) groups is 2. The Labute approximate surface area is 174 Å². The highest BCUT2D eigenvalue weighted by Crippen LogP contribution is 2.38. The second-order valence-electron chi connectivity index (χ2n) is 6.65. The van der Waals surface area contributed by atoms with Crippen molar-refractivity contribution in [2.45, 2.75) is 25.7 Å². The fraction of sp³-hybridized carbons (Fsp3) is 0.429. The summed E-state index contributed by atoms with van der Waals surface area (Å²) in [5.74, 6) is 0.557. The summed E-state index contributed by atoms with van der Waals surface area (Å²) in [6, 6.07) is 7.15. The van der Waals surface area contributed by atoms with E-state index in [-0.39, 0.29) is 18.4 Å². The summed E-state index contributed by atoms with van der Waals surface area (Å²) in [4.78, 5) is 26.4. The number of benzene rings is 1. The van der Waals surface area contributed by atoms with Crippen LogP contribution in [0, 0.1) is 0 Å². The largest absolute Gasteiger partial charge is 0.493 e. The lowest BCUT2D eigenvalue weighted by Crippen LogP contribution is -2.29. The molecule has 2 N–H and O–H groups in total. The topological polar surface area (TPSA) is 85.9 Å². The predicted octanol–water partition coefficient (Wildman–Crippen LogP) is 3.03. The van der Waals surface area contributed by atoms with Crippen molar-refractivity contribution in [1.82, 2.24) is 5.32 Å². The van der Waals surface area contributed by atoms with Crippen molar-refractivity contribution < 1.29 is 23.8 Å². The zero-order valence-electron chi connectivity index (χ0n) is 16.7. The number of fused-ring (bicyclic) bond motifs is 1. The smallest absolute Gasteiger partial charge is 0.262 e. The molecule has 0 fully saturated rings. The van der Waals surface area contributed by atoms with Gasteiger partial charge in [0.2, 0.25) is 0 Å². The van der Waals surface area contributed by atoms with Gasteiger partial charge in [-0.2, -0.15) is 0 Å². The molecule has 1 aliphatic carbocycles. The Morgan fingerprint density at radius 2 is 1.86 bits per heavy atom. The Kier molecular flexibility index (Phi) is 7.48. The van der Waals surface area contributed by atoms with Crippen LogP contribution in [0.2, 0.25) is 0 Å². The lowest BCUT2D eigenvalue weighted by molar-refractivity contribution is -0.118. The van der Waals surface area contributed by atoms with E-state index in [9.17, 15) is 9.59 Å². The number of carbonyl (C=O) groups excluding carboxylic acids is 2. The summed E-state index contributed by atoms with van der Waals surface area (Å²) in [6.45, 7) is 0.685. The normalized spacial score (nSPS) is 12.8. The number of methoxy groups -OCH3 is 2. The highest BCUT2D eigenvalue weighted by molar-refractivity contribution is 7.17. The van der Waals surface area contributed by atoms with E-state index in [4.69, 9.17) is 14.2 Å². The van der Waals surface area contributed by atoms with Crippen molar-refractivity contribution in [2.75, 3.05) is 39.3 Å². The minimum atomic E-state index is -0.319. The molecular formula is C21H26N2O5S. The third-order valence-corrected chi connectivity index (χ3v) is 5.88. The van der Waals surface area contributed by atoms with E-state index >= 15 is 0 Å². The molecule has 0 unspecified atom stereocenters. The quantitative estimate of drug-likeness (QED) is 0.612. The Morgan fingerprint density at radius 3 is 2.62 bits per heavy atom. The van der Waals surface area contributed by atoms with Gasteiger partial charge in [-0.05, 0) is 43.4 Å². The van der Waals surface area contributed by atoms with Crippen molar-refractivity contribution in [3.63, 3.8) is 0 Å². The van der Waals surface area contributed by atoms with Crippen molar-refractivity contribution in [1.29, 1.82) is 0 Å². The summed E-state index contributed by atoms with van der Waals surface area (Å²) >= 11 is 1.48. The van der Waals surface area contributed by atoms with Gasteiger partial charge in [0.15, 0.2) is 18.1 Å². The first-order valence-electron chi connectivity index (χ1n) is 9.61. The number of ether oxygens (including phenoxy) is 3. The van der Waals surface area contributed by atoms with Crippen LogP contribution in [0.25, 0.3) is 0 Å². The first kappa shape index (κ1) is 21.1. The van der Waals surface area contributed by atoms with E-state index in [0.717, 1.165) is 31.2 Å². The van der Waals surface area contributed by atoms with Gasteiger partial charge in [0, 0.05) is 18.5 Å². The number of nitrogens with one attached hydrogen (secondary N) is 2. The number of rotatable bonds is 9. The van der Waals surface area contributed by atoms with Gasteiger partial charge in [-0.3, -0.25) is 9.59 Å². The molecule has 7 nitrogen and oxygen atoms in total. The predicted molar refractivity (Wildman–Crippen MR) is 112 cm³/mol. The summed E-state index contributed by atoms with van der Waals surface area (Å²) in [5, 5.41) is 6.32. The van der Waals surface area contributed by atoms with E-state index in [1.165, 1.54) is 16.2 Å². The van der Waals surface area contributed by atoms with Crippen LogP contribution in [-0.4, -0.2) is 45.8 Å². The van der Waals surface area contributed by atoms with Crippen molar-refractivity contribution in [3.05, 3.63) is 40.3 Å². The van der Waals surface area contributed by atoms with Crippen LogP contribution in [0.15, 0.2) is 24.3 Å². The average Bonchev–Trinajstić information content (AvgIpc) is 3.10. The van der Waals surface area contributed by atoms with E-state index in [1.807, 2.05) is 12.1 Å². The van der Waals surface area contributed by atoms with Gasteiger partial charge < -0.3 is 24.8 Å². The van der Waals surface area contributed by atoms with Crippen LogP contribution in [-0.2, 0) is 22.4 Å². The Bertz CT molecular complexity index is 865. The number of thiophene rings is 1. The molecule has 0 aliphatic heterocycles. The highest BCUT2D eigenvalue weighted by atomic mass is 32.1. The van der Waals surface area contributed by atoms with Crippen molar-refractivity contribution >= 4 is 28.2 Å². The number of hydrogen-bond acceptors (Lipinski definition) is 6. The molecular weight excluding hydrogens is 392 g/mol. The second-order valence-corrected chi connectivity index (χ2v) is 7.76. The highest BCUT2D eigenvalue weighted by Gasteiger charge is 2.26. The molecule has 1 aromatic heterocycles. The minimum absolute atomic E-state index is 0.173. The molecule has 0 spiro atoms. The van der Waals surface area contributed by atoms with Crippen LogP contribution in [0.1, 0.15) is 33.6 Å². The fourth-order valence-electron chi connectivity index (χ4n) is 3.29. The SMILES string of the molecule is COCCNC(=O)c1c(NC(=O)COc2ccccc2OC)sc2c1CCCC2. The maximum atomic E-state index is 12.8. The van der Waals surface area contributed by atoms with Crippen LogP contribution in [0.4, 0.5) is 5.00 Å². The van der Waals surface area contributed by atoms with Gasteiger partial charge in [-0.15, -0.1) is 11.3 Å². The van der Waals surface area contributed by atoms with Crippen molar-refractivity contribution in [2.24, 2.45) is 0 Å². The third-order valence-electron chi connectivity index (χ3n) is 4.67. The molecule has 29 heavy (non-hydrogen) atoms. The first-order valence-corrected chi connectivity index (χ1v) is 10.4. The van der Waals surface area contributed by atoms with Crippen LogP contribution in [0.3, 0.4) is 0 Å². The lowest BCUT2D eigenvalue weighted by Gasteiger charge is -2.13. The maximum Gasteiger partial charge on any atom is 0.262 e. The molecule has 0 bridgehead atoms. The van der Waals surface area contributed by atoms with Gasteiger partial charge in [0.25, 0.3) is 11.8 Å². The molecule has 1 heterocycles. The average molecular weight is 419 g/mol. The number of aryl methyl sites for hydroxylation is 1. The molecule has 2 aromatic rings. The van der Waals surface area contributed by atoms with E-state index < -0.39 is 0 Å². The van der Waals surface area contributed by atoms with Crippen molar-refractivity contribution in [3.8, 4) is 11.5 Å². The molecule has 0 saturated heterocycles. The monoisotopic (exact) mass is 418 g/mol. The molecule has 0 saturated carbocycles. The van der Waals surface area contributed by atoms with Crippen LogP contribution in [0.5, 0.6) is 11.5 Å². The third kappa shape index (κ3) is 5.27. The van der Waals surface area contributed by atoms with Gasteiger partial charge in [-0.1, -0.05) is 12.1 Å². The first-order chi connectivity index (χ1) is 14.1. The zero-order chi connectivity index (χ0) is 20.6. The molecule has 0 radical (unpaired) electrons. The minimum Gasteiger partial charge on any atom is -0.493 e.